The first-order valence-electron chi connectivity index (χ1n) is 10.8. The van der Waals surface area contributed by atoms with Crippen molar-refractivity contribution in [2.24, 2.45) is 0 Å². The van der Waals surface area contributed by atoms with Gasteiger partial charge in [0.15, 0.2) is 0 Å². The van der Waals surface area contributed by atoms with Crippen molar-refractivity contribution >= 4 is 5.97 Å². The Morgan fingerprint density at radius 3 is 2.59 bits per heavy atom. The highest BCUT2D eigenvalue weighted by molar-refractivity contribution is 5.87. The van der Waals surface area contributed by atoms with Gasteiger partial charge in [-0.2, -0.15) is 10.5 Å². The van der Waals surface area contributed by atoms with Crippen LogP contribution in [0.25, 0.3) is 22.5 Å². The van der Waals surface area contributed by atoms with Crippen LogP contribution < -0.4 is 5.56 Å². The number of carbonyl (C=O) groups is 1. The van der Waals surface area contributed by atoms with Crippen LogP contribution in [0, 0.1) is 11.3 Å². The van der Waals surface area contributed by atoms with Crippen molar-refractivity contribution in [1.82, 2.24) is 25.2 Å². The largest absolute Gasteiger partial charge is 0.478 e. The van der Waals surface area contributed by atoms with E-state index in [1.54, 1.807) is 16.7 Å². The molecule has 2 heterocycles. The minimum absolute atomic E-state index is 0.0153. The lowest BCUT2D eigenvalue weighted by atomic mass is 9.94. The summed E-state index contributed by atoms with van der Waals surface area (Å²) in [4.78, 5) is 24.2. The van der Waals surface area contributed by atoms with Crippen molar-refractivity contribution in [3.8, 4) is 28.6 Å². The summed E-state index contributed by atoms with van der Waals surface area (Å²) in [6.07, 6.45) is 2.34. The van der Waals surface area contributed by atoms with E-state index in [2.05, 4.69) is 26.7 Å². The van der Waals surface area contributed by atoms with Crippen LogP contribution in [0.4, 0.5) is 0 Å². The minimum Gasteiger partial charge on any atom is -0.478 e. The fourth-order valence-corrected chi connectivity index (χ4v) is 3.91. The molecule has 0 bridgehead atoms. The molecule has 34 heavy (non-hydrogen) atoms. The van der Waals surface area contributed by atoms with Crippen LogP contribution in [0.15, 0.2) is 59.4 Å². The maximum Gasteiger partial charge on any atom is 0.335 e. The Labute approximate surface area is 195 Å². The lowest BCUT2D eigenvalue weighted by Crippen LogP contribution is -2.25. The summed E-state index contributed by atoms with van der Waals surface area (Å²) in [5.74, 6) is -0.701. The van der Waals surface area contributed by atoms with Gasteiger partial charge in [0, 0.05) is 22.9 Å². The molecule has 0 aliphatic rings. The number of aromatic carboxylic acids is 1. The number of pyridine rings is 1. The van der Waals surface area contributed by atoms with Gasteiger partial charge >= 0.3 is 5.97 Å². The van der Waals surface area contributed by atoms with E-state index >= 15 is 0 Å². The highest BCUT2D eigenvalue weighted by Gasteiger charge is 2.16. The Kier molecular flexibility index (Phi) is 6.59. The number of tetrazole rings is 1. The first-order chi connectivity index (χ1) is 16.5. The standard InChI is InChI=1S/C25H22N6O3/c1-2-3-6-19-12-17(25(33)34)13-23(32)31(19)15-16-9-10-20(18(11-16)14-26)21-7-4-5-8-22(21)24-27-29-30-28-24/h4-5,7-13H,2-3,6,15H2,1H3,(H,33,34)(H,27,28,29,30). The molecular formula is C25H22N6O3. The molecule has 0 unspecified atom stereocenters. The summed E-state index contributed by atoms with van der Waals surface area (Å²) in [5, 5.41) is 33.4. The number of nitrogens with zero attached hydrogens (tertiary/aromatic N) is 5. The van der Waals surface area contributed by atoms with E-state index in [9.17, 15) is 20.0 Å². The minimum atomic E-state index is -1.13. The normalized spacial score (nSPS) is 10.7. The van der Waals surface area contributed by atoms with Crippen LogP contribution in [0.1, 0.15) is 46.9 Å². The van der Waals surface area contributed by atoms with Crippen molar-refractivity contribution < 1.29 is 9.90 Å². The number of hydrogen-bond acceptors (Lipinski definition) is 6. The second-order valence-corrected chi connectivity index (χ2v) is 7.84. The zero-order valence-corrected chi connectivity index (χ0v) is 18.5. The number of rotatable bonds is 8. The molecule has 0 saturated carbocycles. The van der Waals surface area contributed by atoms with Crippen LogP contribution in [0.2, 0.25) is 0 Å². The average Bonchev–Trinajstić information content (AvgIpc) is 3.39. The molecule has 0 saturated heterocycles. The van der Waals surface area contributed by atoms with Crippen molar-refractivity contribution in [3.63, 3.8) is 0 Å². The van der Waals surface area contributed by atoms with Crippen LogP contribution in [-0.4, -0.2) is 36.3 Å². The SMILES string of the molecule is CCCCc1cc(C(=O)O)cc(=O)n1Cc1ccc(-c2ccccc2-c2nn[nH]n2)c(C#N)c1. The molecule has 0 aliphatic heterocycles. The van der Waals surface area contributed by atoms with Gasteiger partial charge in [0.05, 0.1) is 23.7 Å². The maximum atomic E-state index is 12.8. The molecule has 0 radical (unpaired) electrons. The van der Waals surface area contributed by atoms with E-state index in [1.807, 2.05) is 43.3 Å². The number of H-pyrrole nitrogens is 1. The fourth-order valence-electron chi connectivity index (χ4n) is 3.91. The second kappa shape index (κ2) is 9.92. The molecule has 0 atom stereocenters. The van der Waals surface area contributed by atoms with E-state index in [1.165, 1.54) is 0 Å². The summed E-state index contributed by atoms with van der Waals surface area (Å²) >= 11 is 0. The van der Waals surface area contributed by atoms with Gasteiger partial charge < -0.3 is 9.67 Å². The Balaban J connectivity index is 1.74. The summed E-state index contributed by atoms with van der Waals surface area (Å²) in [5.41, 5.74) is 3.72. The number of carboxylic acids is 1. The highest BCUT2D eigenvalue weighted by Crippen LogP contribution is 2.32. The number of nitriles is 1. The zero-order chi connectivity index (χ0) is 24.1. The Hall–Kier alpha value is -4.58. The molecule has 0 spiro atoms. The van der Waals surface area contributed by atoms with Crippen molar-refractivity contribution in [3.05, 3.63) is 87.3 Å². The molecule has 2 N–H and O–H groups in total. The number of unbranched alkanes of at least 4 members (excludes halogenated alkanes) is 1. The molecular weight excluding hydrogens is 432 g/mol. The van der Waals surface area contributed by atoms with Crippen LogP contribution in [0.3, 0.4) is 0 Å². The van der Waals surface area contributed by atoms with Gasteiger partial charge in [-0.25, -0.2) is 4.79 Å². The Morgan fingerprint density at radius 2 is 1.91 bits per heavy atom. The Bertz CT molecular complexity index is 1430. The number of hydrogen-bond donors (Lipinski definition) is 2. The molecule has 0 amide bonds. The number of nitrogens with one attached hydrogen (secondary N) is 1. The quantitative estimate of drug-likeness (QED) is 0.414. The summed E-state index contributed by atoms with van der Waals surface area (Å²) in [6, 6.07) is 17.9. The zero-order valence-electron chi connectivity index (χ0n) is 18.5. The number of aromatic amines is 1. The molecule has 2 aromatic heterocycles. The number of aromatic nitrogens is 5. The molecule has 4 aromatic rings. The monoisotopic (exact) mass is 454 g/mol. The molecule has 4 rings (SSSR count). The van der Waals surface area contributed by atoms with Crippen molar-refractivity contribution in [2.45, 2.75) is 32.7 Å². The fraction of sp³-hybridized carbons (Fsp3) is 0.200. The van der Waals surface area contributed by atoms with Gasteiger partial charge in [-0.05, 0) is 41.3 Å². The molecule has 0 fully saturated rings. The first-order valence-corrected chi connectivity index (χ1v) is 10.8. The lowest BCUT2D eigenvalue weighted by Gasteiger charge is -2.15. The topological polar surface area (TPSA) is 138 Å². The predicted molar refractivity (Wildman–Crippen MR) is 125 cm³/mol. The van der Waals surface area contributed by atoms with E-state index in [4.69, 9.17) is 0 Å². The van der Waals surface area contributed by atoms with Gasteiger partial charge in [0.2, 0.25) is 5.82 Å². The van der Waals surface area contributed by atoms with E-state index in [-0.39, 0.29) is 17.7 Å². The van der Waals surface area contributed by atoms with Crippen molar-refractivity contribution in [1.29, 1.82) is 5.26 Å². The summed E-state index contributed by atoms with van der Waals surface area (Å²) in [7, 11) is 0. The van der Waals surface area contributed by atoms with Gasteiger partial charge in [-0.1, -0.05) is 49.7 Å². The van der Waals surface area contributed by atoms with E-state index in [0.717, 1.165) is 35.6 Å². The first kappa shape index (κ1) is 22.6. The number of benzene rings is 2. The van der Waals surface area contributed by atoms with Crippen molar-refractivity contribution in [2.75, 3.05) is 0 Å². The van der Waals surface area contributed by atoms with Gasteiger partial charge in [-0.3, -0.25) is 4.79 Å². The third kappa shape index (κ3) is 4.61. The Morgan fingerprint density at radius 1 is 1.12 bits per heavy atom. The molecule has 170 valence electrons. The van der Waals surface area contributed by atoms with Crippen LogP contribution in [0.5, 0.6) is 0 Å². The third-order valence-electron chi connectivity index (χ3n) is 5.60. The molecule has 9 nitrogen and oxygen atoms in total. The number of aryl methyl sites for hydroxylation is 1. The summed E-state index contributed by atoms with van der Waals surface area (Å²) in [6.45, 7) is 2.27. The van der Waals surface area contributed by atoms with E-state index in [0.29, 0.717) is 29.1 Å². The smallest absolute Gasteiger partial charge is 0.335 e. The predicted octanol–water partition coefficient (Wildman–Crippen LogP) is 3.66. The molecule has 2 aromatic carbocycles. The van der Waals surface area contributed by atoms with Crippen LogP contribution >= 0.6 is 0 Å². The van der Waals surface area contributed by atoms with Gasteiger partial charge in [-0.15, -0.1) is 10.2 Å². The van der Waals surface area contributed by atoms with E-state index < -0.39 is 5.97 Å². The maximum absolute atomic E-state index is 12.8. The second-order valence-electron chi connectivity index (χ2n) is 7.84. The lowest BCUT2D eigenvalue weighted by molar-refractivity contribution is 0.0696. The molecule has 0 aliphatic carbocycles. The number of carboxylic acid groups (broad SMARTS) is 1. The molecule has 9 heteroatoms. The highest BCUT2D eigenvalue weighted by atomic mass is 16.4. The van der Waals surface area contributed by atoms with Crippen LogP contribution in [-0.2, 0) is 13.0 Å². The van der Waals surface area contributed by atoms with Gasteiger partial charge in [0.25, 0.3) is 5.56 Å². The summed E-state index contributed by atoms with van der Waals surface area (Å²) < 4.78 is 1.57. The van der Waals surface area contributed by atoms with Gasteiger partial charge in [0.1, 0.15) is 0 Å². The average molecular weight is 454 g/mol. The third-order valence-corrected chi connectivity index (χ3v) is 5.60.